The Balaban J connectivity index is 2.39. The first kappa shape index (κ1) is 15.6. The molecule has 1 aliphatic rings. The minimum Gasteiger partial charge on any atom is -0.363 e. The van der Waals surface area contributed by atoms with Crippen LogP contribution in [0.5, 0.6) is 0 Å². The van der Waals surface area contributed by atoms with Gasteiger partial charge in [0.05, 0.1) is 4.92 Å². The maximum Gasteiger partial charge on any atom is 0.328 e. The molecule has 1 heterocycles. The zero-order chi connectivity index (χ0) is 15.4. The Morgan fingerprint density at radius 2 is 2.19 bits per heavy atom. The maximum absolute atomic E-state index is 13.8. The quantitative estimate of drug-likeness (QED) is 0.671. The van der Waals surface area contributed by atoms with Crippen molar-refractivity contribution in [2.45, 2.75) is 31.7 Å². The Morgan fingerprint density at radius 3 is 2.86 bits per heavy atom. The summed E-state index contributed by atoms with van der Waals surface area (Å²) in [7, 11) is 1.83. The largest absolute Gasteiger partial charge is 0.363 e. The molecule has 1 aromatic rings. The predicted octanol–water partition coefficient (Wildman–Crippen LogP) is 2.84. The lowest BCUT2D eigenvalue weighted by Crippen LogP contribution is -2.41. The molecule has 7 heteroatoms. The Bertz CT molecular complexity index is 525. The number of rotatable bonds is 5. The first-order valence-corrected chi connectivity index (χ1v) is 7.09. The Kier molecular flexibility index (Phi) is 5.06. The third-order valence-corrected chi connectivity index (χ3v) is 3.85. The molecule has 116 valence electrons. The van der Waals surface area contributed by atoms with Gasteiger partial charge >= 0.3 is 5.69 Å². The van der Waals surface area contributed by atoms with Crippen LogP contribution in [0.2, 0.25) is 0 Å². The molecule has 0 aliphatic carbocycles. The summed E-state index contributed by atoms with van der Waals surface area (Å²) >= 11 is 0. The number of hydrogen-bond donors (Lipinski definition) is 1. The van der Waals surface area contributed by atoms with Crippen LogP contribution in [0.25, 0.3) is 0 Å². The van der Waals surface area contributed by atoms with Crippen LogP contribution in [-0.2, 0) is 0 Å². The number of anilines is 1. The molecule has 1 fully saturated rings. The third kappa shape index (κ3) is 3.47. The second-order valence-electron chi connectivity index (χ2n) is 5.25. The van der Waals surface area contributed by atoms with Crippen molar-refractivity contribution in [3.8, 4) is 0 Å². The lowest BCUT2D eigenvalue weighted by Gasteiger charge is -2.37. The first-order valence-electron chi connectivity index (χ1n) is 7.09. The summed E-state index contributed by atoms with van der Waals surface area (Å²) in [5, 5.41) is 14.2. The maximum atomic E-state index is 13.8. The zero-order valence-corrected chi connectivity index (χ0v) is 11.9. The summed E-state index contributed by atoms with van der Waals surface area (Å²) in [5.74, 6) is -1.90. The van der Waals surface area contributed by atoms with Gasteiger partial charge in [-0.2, -0.15) is 4.39 Å². The molecule has 0 saturated carbocycles. The summed E-state index contributed by atoms with van der Waals surface area (Å²) in [4.78, 5) is 12.1. The van der Waals surface area contributed by atoms with Crippen molar-refractivity contribution >= 4 is 11.4 Å². The highest BCUT2D eigenvalue weighted by Gasteiger charge is 2.31. The molecule has 1 saturated heterocycles. The van der Waals surface area contributed by atoms with Gasteiger partial charge in [0, 0.05) is 24.7 Å². The summed E-state index contributed by atoms with van der Waals surface area (Å²) in [6.07, 6.45) is 3.55. The fourth-order valence-corrected chi connectivity index (χ4v) is 2.88. The van der Waals surface area contributed by atoms with Crippen molar-refractivity contribution < 1.29 is 13.7 Å². The van der Waals surface area contributed by atoms with E-state index in [2.05, 4.69) is 5.32 Å². The van der Waals surface area contributed by atoms with Crippen molar-refractivity contribution in [2.75, 3.05) is 25.0 Å². The van der Waals surface area contributed by atoms with E-state index in [1.807, 2.05) is 7.05 Å². The zero-order valence-electron chi connectivity index (χ0n) is 11.9. The fourth-order valence-electron chi connectivity index (χ4n) is 2.88. The van der Waals surface area contributed by atoms with E-state index < -0.39 is 22.2 Å². The van der Waals surface area contributed by atoms with Crippen LogP contribution in [0.1, 0.15) is 25.7 Å². The molecule has 1 aromatic carbocycles. The second kappa shape index (κ2) is 6.80. The normalized spacial score (nSPS) is 18.8. The average Bonchev–Trinajstić information content (AvgIpc) is 2.44. The van der Waals surface area contributed by atoms with Gasteiger partial charge in [-0.1, -0.05) is 0 Å². The molecular weight excluding hydrogens is 280 g/mol. The molecule has 0 bridgehead atoms. The van der Waals surface area contributed by atoms with Gasteiger partial charge in [-0.15, -0.1) is 0 Å². The molecule has 2 rings (SSSR count). The topological polar surface area (TPSA) is 58.4 Å². The van der Waals surface area contributed by atoms with Crippen molar-refractivity contribution in [1.82, 2.24) is 5.32 Å². The summed E-state index contributed by atoms with van der Waals surface area (Å²) in [6.45, 7) is 1.34. The lowest BCUT2D eigenvalue weighted by atomic mass is 9.98. The average molecular weight is 299 g/mol. The van der Waals surface area contributed by atoms with E-state index in [0.29, 0.717) is 12.6 Å². The van der Waals surface area contributed by atoms with Crippen LogP contribution < -0.4 is 10.2 Å². The minimum absolute atomic E-state index is 0.0540. The second-order valence-corrected chi connectivity index (χ2v) is 5.25. The van der Waals surface area contributed by atoms with Crippen molar-refractivity contribution in [3.05, 3.63) is 33.9 Å². The van der Waals surface area contributed by atoms with Crippen LogP contribution in [0.3, 0.4) is 0 Å². The SMILES string of the molecule is CNCCC1CCCCN1c1cc(F)cc(F)c1[N+](=O)[O-]. The van der Waals surface area contributed by atoms with E-state index in [-0.39, 0.29) is 11.7 Å². The fraction of sp³-hybridized carbons (Fsp3) is 0.571. The molecular formula is C14H19F2N3O2. The van der Waals surface area contributed by atoms with Crippen molar-refractivity contribution in [2.24, 2.45) is 0 Å². The highest BCUT2D eigenvalue weighted by molar-refractivity contribution is 5.64. The monoisotopic (exact) mass is 299 g/mol. The highest BCUT2D eigenvalue weighted by atomic mass is 19.1. The van der Waals surface area contributed by atoms with E-state index in [0.717, 1.165) is 38.3 Å². The van der Waals surface area contributed by atoms with Crippen LogP contribution in [0.15, 0.2) is 12.1 Å². The predicted molar refractivity (Wildman–Crippen MR) is 76.5 cm³/mol. The van der Waals surface area contributed by atoms with Gasteiger partial charge in [0.1, 0.15) is 11.5 Å². The van der Waals surface area contributed by atoms with Gasteiger partial charge in [0.15, 0.2) is 0 Å². The Hall–Kier alpha value is -1.76. The minimum atomic E-state index is -1.12. The smallest absolute Gasteiger partial charge is 0.328 e. The third-order valence-electron chi connectivity index (χ3n) is 3.85. The van der Waals surface area contributed by atoms with Gasteiger partial charge in [-0.25, -0.2) is 4.39 Å². The highest BCUT2D eigenvalue weighted by Crippen LogP contribution is 2.36. The van der Waals surface area contributed by atoms with Gasteiger partial charge in [-0.3, -0.25) is 10.1 Å². The van der Waals surface area contributed by atoms with Gasteiger partial charge in [-0.05, 0) is 39.3 Å². The molecule has 1 atom stereocenters. The molecule has 0 spiro atoms. The summed E-state index contributed by atoms with van der Waals surface area (Å²) in [6, 6.07) is 1.69. The number of nitro groups is 1. The number of nitrogens with zero attached hydrogens (tertiary/aromatic N) is 2. The number of nitro benzene ring substituents is 1. The molecule has 0 amide bonds. The van der Waals surface area contributed by atoms with E-state index in [1.165, 1.54) is 0 Å². The molecule has 0 aromatic heterocycles. The number of benzene rings is 1. The Labute approximate surface area is 122 Å². The Morgan fingerprint density at radius 1 is 1.43 bits per heavy atom. The number of nitrogens with one attached hydrogen (secondary N) is 1. The number of halogens is 2. The molecule has 1 unspecified atom stereocenters. The van der Waals surface area contributed by atoms with Gasteiger partial charge in [0.25, 0.3) is 0 Å². The van der Waals surface area contributed by atoms with Gasteiger partial charge < -0.3 is 10.2 Å². The number of hydrogen-bond acceptors (Lipinski definition) is 4. The molecule has 5 nitrogen and oxygen atoms in total. The first-order chi connectivity index (χ1) is 10.0. The van der Waals surface area contributed by atoms with Crippen LogP contribution in [0, 0.1) is 21.7 Å². The molecule has 1 aliphatic heterocycles. The van der Waals surface area contributed by atoms with Crippen molar-refractivity contribution in [1.29, 1.82) is 0 Å². The summed E-state index contributed by atoms with van der Waals surface area (Å²) < 4.78 is 27.3. The summed E-state index contributed by atoms with van der Waals surface area (Å²) in [5.41, 5.74) is -0.578. The molecule has 0 radical (unpaired) electrons. The van der Waals surface area contributed by atoms with Crippen LogP contribution >= 0.6 is 0 Å². The molecule has 1 N–H and O–H groups in total. The number of piperidine rings is 1. The molecule has 21 heavy (non-hydrogen) atoms. The van der Waals surface area contributed by atoms with Crippen LogP contribution in [0.4, 0.5) is 20.2 Å². The van der Waals surface area contributed by atoms with Gasteiger partial charge in [0.2, 0.25) is 5.82 Å². The lowest BCUT2D eigenvalue weighted by molar-refractivity contribution is -0.386. The van der Waals surface area contributed by atoms with E-state index in [1.54, 1.807) is 4.90 Å². The standard InChI is InChI=1S/C14H19F2N3O2/c1-17-6-5-11-4-2-3-7-18(11)13-9-10(15)8-12(16)14(13)19(20)21/h8-9,11,17H,2-7H2,1H3. The van der Waals surface area contributed by atoms with Crippen LogP contribution in [-0.4, -0.2) is 31.1 Å². The van der Waals surface area contributed by atoms with E-state index in [4.69, 9.17) is 0 Å². The van der Waals surface area contributed by atoms with Crippen molar-refractivity contribution in [3.63, 3.8) is 0 Å². The van der Waals surface area contributed by atoms with E-state index in [9.17, 15) is 18.9 Å². The van der Waals surface area contributed by atoms with E-state index >= 15 is 0 Å².